The zero-order chi connectivity index (χ0) is 21.5. The van der Waals surface area contributed by atoms with Gasteiger partial charge in [0.2, 0.25) is 11.8 Å². The number of anilines is 1. The lowest BCUT2D eigenvalue weighted by Crippen LogP contribution is -2.23. The number of carbonyl (C=O) groups excluding carboxylic acids is 2. The molecule has 2 aromatic carbocycles. The number of para-hydroxylation sites is 1. The molecule has 1 saturated heterocycles. The average molecular weight is 415 g/mol. The van der Waals surface area contributed by atoms with Gasteiger partial charge in [-0.25, -0.2) is 0 Å². The van der Waals surface area contributed by atoms with Crippen molar-refractivity contribution in [2.75, 3.05) is 24.6 Å². The molecule has 1 aromatic heterocycles. The Bertz CT molecular complexity index is 1090. The Morgan fingerprint density at radius 3 is 2.77 bits per heavy atom. The van der Waals surface area contributed by atoms with Crippen LogP contribution in [0, 0.1) is 0 Å². The van der Waals surface area contributed by atoms with Gasteiger partial charge in [-0.2, -0.15) is 0 Å². The van der Waals surface area contributed by atoms with E-state index in [1.165, 1.54) is 6.08 Å². The molecule has 1 fully saturated rings. The van der Waals surface area contributed by atoms with Crippen LogP contribution in [0.3, 0.4) is 0 Å². The highest BCUT2D eigenvalue weighted by Crippen LogP contribution is 2.23. The quantitative estimate of drug-likeness (QED) is 0.447. The third-order valence-electron chi connectivity index (χ3n) is 5.18. The van der Waals surface area contributed by atoms with Crippen molar-refractivity contribution in [2.45, 2.75) is 19.3 Å². The van der Waals surface area contributed by atoms with E-state index in [1.54, 1.807) is 17.2 Å². The van der Waals surface area contributed by atoms with Gasteiger partial charge in [0.15, 0.2) is 0 Å². The summed E-state index contributed by atoms with van der Waals surface area (Å²) in [6, 6.07) is 17.4. The second-order valence-electron chi connectivity index (χ2n) is 7.40. The Morgan fingerprint density at radius 1 is 1.13 bits per heavy atom. The Hall–Kier alpha value is -3.67. The molecule has 0 bridgehead atoms. The van der Waals surface area contributed by atoms with Crippen LogP contribution < -0.4 is 15.0 Å². The van der Waals surface area contributed by atoms with Gasteiger partial charge in [-0.1, -0.05) is 30.3 Å². The second kappa shape index (κ2) is 9.89. The minimum Gasteiger partial charge on any atom is -0.491 e. The first-order chi connectivity index (χ1) is 15.2. The fraction of sp³-hybridized carbons (Fsp3) is 0.240. The van der Waals surface area contributed by atoms with E-state index >= 15 is 0 Å². The van der Waals surface area contributed by atoms with Crippen LogP contribution in [-0.4, -0.2) is 36.5 Å². The van der Waals surface area contributed by atoms with Crippen LogP contribution in [-0.2, 0) is 9.59 Å². The maximum Gasteiger partial charge on any atom is 0.244 e. The number of hydrogen-bond donors (Lipinski definition) is 1. The third-order valence-corrected chi connectivity index (χ3v) is 5.18. The molecule has 158 valence electrons. The van der Waals surface area contributed by atoms with Crippen molar-refractivity contribution in [3.05, 3.63) is 72.4 Å². The van der Waals surface area contributed by atoms with Gasteiger partial charge in [0.25, 0.3) is 0 Å². The highest BCUT2D eigenvalue weighted by atomic mass is 16.5. The van der Waals surface area contributed by atoms with Crippen molar-refractivity contribution in [2.24, 2.45) is 0 Å². The molecule has 1 aliphatic rings. The number of rotatable bonds is 8. The predicted octanol–water partition coefficient (Wildman–Crippen LogP) is 3.96. The Kier molecular flexibility index (Phi) is 6.57. The lowest BCUT2D eigenvalue weighted by molar-refractivity contribution is -0.117. The molecule has 6 heteroatoms. The Morgan fingerprint density at radius 2 is 1.97 bits per heavy atom. The summed E-state index contributed by atoms with van der Waals surface area (Å²) < 4.78 is 5.83. The number of pyridine rings is 1. The molecular formula is C25H25N3O3. The largest absolute Gasteiger partial charge is 0.491 e. The van der Waals surface area contributed by atoms with Crippen LogP contribution in [0.2, 0.25) is 0 Å². The topological polar surface area (TPSA) is 71.5 Å². The summed E-state index contributed by atoms with van der Waals surface area (Å²) in [7, 11) is 0. The fourth-order valence-electron chi connectivity index (χ4n) is 3.58. The number of aromatic nitrogens is 1. The molecule has 3 aromatic rings. The molecular weight excluding hydrogens is 390 g/mol. The maximum atomic E-state index is 12.0. The van der Waals surface area contributed by atoms with Gasteiger partial charge in [0.1, 0.15) is 11.3 Å². The van der Waals surface area contributed by atoms with Crippen molar-refractivity contribution < 1.29 is 14.3 Å². The zero-order valence-corrected chi connectivity index (χ0v) is 17.3. The summed E-state index contributed by atoms with van der Waals surface area (Å²) in [5.41, 5.74) is 2.67. The number of hydrogen-bond acceptors (Lipinski definition) is 4. The van der Waals surface area contributed by atoms with Gasteiger partial charge in [0.05, 0.1) is 6.61 Å². The van der Waals surface area contributed by atoms with Gasteiger partial charge in [-0.15, -0.1) is 0 Å². The van der Waals surface area contributed by atoms with Crippen molar-refractivity contribution in [1.29, 1.82) is 0 Å². The van der Waals surface area contributed by atoms with Gasteiger partial charge in [0, 0.05) is 42.9 Å². The van der Waals surface area contributed by atoms with Crippen molar-refractivity contribution in [3.63, 3.8) is 0 Å². The molecule has 2 amide bonds. The van der Waals surface area contributed by atoms with Gasteiger partial charge in [-0.3, -0.25) is 14.6 Å². The highest BCUT2D eigenvalue weighted by molar-refractivity contribution is 5.95. The van der Waals surface area contributed by atoms with Crippen LogP contribution in [0.1, 0.15) is 24.8 Å². The normalized spacial score (nSPS) is 13.8. The number of amides is 2. The molecule has 31 heavy (non-hydrogen) atoms. The smallest absolute Gasteiger partial charge is 0.244 e. The number of carbonyl (C=O) groups is 2. The molecule has 0 spiro atoms. The number of ether oxygens (including phenoxy) is 1. The molecule has 1 aliphatic heterocycles. The van der Waals surface area contributed by atoms with Crippen LogP contribution in [0.15, 0.2) is 66.9 Å². The SMILES string of the molecule is O=C(/C=C/c1ccc(N2CCCC2=O)cc1)NCCCOc1cccc2cccnc12. The van der Waals surface area contributed by atoms with Crippen molar-refractivity contribution in [3.8, 4) is 5.75 Å². The summed E-state index contributed by atoms with van der Waals surface area (Å²) in [4.78, 5) is 30.0. The van der Waals surface area contributed by atoms with E-state index in [2.05, 4.69) is 10.3 Å². The molecule has 4 rings (SSSR count). The number of nitrogens with zero attached hydrogens (tertiary/aromatic N) is 2. The molecule has 0 unspecified atom stereocenters. The number of nitrogens with one attached hydrogen (secondary N) is 1. The predicted molar refractivity (Wildman–Crippen MR) is 122 cm³/mol. The summed E-state index contributed by atoms with van der Waals surface area (Å²) in [5.74, 6) is 0.775. The molecule has 0 radical (unpaired) electrons. The second-order valence-corrected chi connectivity index (χ2v) is 7.40. The van der Waals surface area contributed by atoms with Crippen LogP contribution in [0.4, 0.5) is 5.69 Å². The molecule has 1 N–H and O–H groups in total. The van der Waals surface area contributed by atoms with Gasteiger partial charge < -0.3 is 15.0 Å². The van der Waals surface area contributed by atoms with E-state index < -0.39 is 0 Å². The van der Waals surface area contributed by atoms with E-state index in [1.807, 2.05) is 54.6 Å². The van der Waals surface area contributed by atoms with Gasteiger partial charge in [-0.05, 0) is 48.7 Å². The van der Waals surface area contributed by atoms with Gasteiger partial charge >= 0.3 is 0 Å². The Labute approximate surface area is 181 Å². The first-order valence-electron chi connectivity index (χ1n) is 10.5. The Balaban J connectivity index is 1.19. The van der Waals surface area contributed by atoms with E-state index in [0.29, 0.717) is 26.0 Å². The van der Waals surface area contributed by atoms with E-state index in [9.17, 15) is 9.59 Å². The summed E-state index contributed by atoms with van der Waals surface area (Å²) in [6.07, 6.45) is 7.26. The minimum absolute atomic E-state index is 0.148. The molecule has 6 nitrogen and oxygen atoms in total. The first kappa shape index (κ1) is 20.6. The molecule has 0 aliphatic carbocycles. The van der Waals surface area contributed by atoms with Crippen molar-refractivity contribution in [1.82, 2.24) is 10.3 Å². The third kappa shape index (κ3) is 5.28. The number of benzene rings is 2. The molecule has 0 saturated carbocycles. The molecule has 2 heterocycles. The molecule has 0 atom stereocenters. The van der Waals surface area contributed by atoms with E-state index in [-0.39, 0.29) is 11.8 Å². The van der Waals surface area contributed by atoms with Crippen molar-refractivity contribution >= 4 is 34.5 Å². The summed E-state index contributed by atoms with van der Waals surface area (Å²) in [6.45, 7) is 1.80. The lowest BCUT2D eigenvalue weighted by atomic mass is 10.2. The van der Waals surface area contributed by atoms with E-state index in [0.717, 1.165) is 40.9 Å². The minimum atomic E-state index is -0.148. The maximum absolute atomic E-state index is 12.0. The average Bonchev–Trinajstić information content (AvgIpc) is 3.23. The first-order valence-corrected chi connectivity index (χ1v) is 10.5. The highest BCUT2D eigenvalue weighted by Gasteiger charge is 2.21. The lowest BCUT2D eigenvalue weighted by Gasteiger charge is -2.15. The van der Waals surface area contributed by atoms with Crippen LogP contribution in [0.5, 0.6) is 5.75 Å². The summed E-state index contributed by atoms with van der Waals surface area (Å²) in [5, 5.41) is 3.90. The zero-order valence-electron chi connectivity index (χ0n) is 17.3. The van der Waals surface area contributed by atoms with Crippen LogP contribution >= 0.6 is 0 Å². The monoisotopic (exact) mass is 415 g/mol. The van der Waals surface area contributed by atoms with E-state index in [4.69, 9.17) is 4.74 Å². The standard InChI is InChI=1S/C25H25N3O3/c29-23(14-11-19-9-12-21(13-10-19)28-17-3-8-24(28)30)26-16-4-18-31-22-7-1-5-20-6-2-15-27-25(20)22/h1-2,5-7,9-15H,3-4,8,16-18H2,(H,26,29)/b14-11+. The number of fused-ring (bicyclic) bond motifs is 1. The van der Waals surface area contributed by atoms with Crippen LogP contribution in [0.25, 0.3) is 17.0 Å². The fourth-order valence-corrected chi connectivity index (χ4v) is 3.58. The summed E-state index contributed by atoms with van der Waals surface area (Å²) >= 11 is 0.